The fourth-order valence-corrected chi connectivity index (χ4v) is 1.12. The minimum Gasteiger partial charge on any atom is -0.495 e. The van der Waals surface area contributed by atoms with Crippen molar-refractivity contribution >= 4 is 11.4 Å². The zero-order valence-corrected chi connectivity index (χ0v) is 8.37. The predicted molar refractivity (Wildman–Crippen MR) is 56.4 cm³/mol. The summed E-state index contributed by atoms with van der Waals surface area (Å²) >= 11 is 0. The SMILES string of the molecule is CCN(C)c1ccc(N)c(OC)c1. The number of hydrogen-bond donors (Lipinski definition) is 1. The highest BCUT2D eigenvalue weighted by atomic mass is 16.5. The first-order valence-electron chi connectivity index (χ1n) is 4.33. The van der Waals surface area contributed by atoms with Crippen LogP contribution in [0.5, 0.6) is 5.75 Å². The summed E-state index contributed by atoms with van der Waals surface area (Å²) in [5.41, 5.74) is 7.49. The topological polar surface area (TPSA) is 38.5 Å². The van der Waals surface area contributed by atoms with E-state index in [9.17, 15) is 0 Å². The number of nitrogens with two attached hydrogens (primary N) is 1. The summed E-state index contributed by atoms with van der Waals surface area (Å²) in [5, 5.41) is 0. The van der Waals surface area contributed by atoms with Gasteiger partial charge in [0.1, 0.15) is 5.75 Å². The van der Waals surface area contributed by atoms with Crippen molar-refractivity contribution in [2.24, 2.45) is 0 Å². The maximum atomic E-state index is 5.70. The Morgan fingerprint density at radius 1 is 1.46 bits per heavy atom. The van der Waals surface area contributed by atoms with Gasteiger partial charge in [0.25, 0.3) is 0 Å². The maximum absolute atomic E-state index is 5.70. The highest BCUT2D eigenvalue weighted by Crippen LogP contribution is 2.26. The van der Waals surface area contributed by atoms with E-state index in [-0.39, 0.29) is 0 Å². The van der Waals surface area contributed by atoms with Gasteiger partial charge in [-0.1, -0.05) is 0 Å². The number of ether oxygens (including phenoxy) is 1. The van der Waals surface area contributed by atoms with E-state index in [1.165, 1.54) is 0 Å². The monoisotopic (exact) mass is 180 g/mol. The minimum absolute atomic E-state index is 0.677. The fraction of sp³-hybridized carbons (Fsp3) is 0.400. The average molecular weight is 180 g/mol. The molecule has 1 aromatic carbocycles. The number of methoxy groups -OCH3 is 1. The number of nitrogen functional groups attached to an aromatic ring is 1. The van der Waals surface area contributed by atoms with Gasteiger partial charge < -0.3 is 15.4 Å². The van der Waals surface area contributed by atoms with E-state index >= 15 is 0 Å². The van der Waals surface area contributed by atoms with E-state index < -0.39 is 0 Å². The van der Waals surface area contributed by atoms with Gasteiger partial charge in [-0.25, -0.2) is 0 Å². The molecule has 72 valence electrons. The predicted octanol–water partition coefficient (Wildman–Crippen LogP) is 1.73. The van der Waals surface area contributed by atoms with E-state index in [0.717, 1.165) is 18.0 Å². The molecule has 3 heteroatoms. The molecule has 1 aromatic rings. The first-order valence-corrected chi connectivity index (χ1v) is 4.33. The summed E-state index contributed by atoms with van der Waals surface area (Å²) in [6, 6.07) is 5.79. The zero-order valence-electron chi connectivity index (χ0n) is 8.37. The number of rotatable bonds is 3. The quantitative estimate of drug-likeness (QED) is 0.720. The van der Waals surface area contributed by atoms with Gasteiger partial charge in [-0.2, -0.15) is 0 Å². The van der Waals surface area contributed by atoms with Crippen LogP contribution >= 0.6 is 0 Å². The molecule has 0 heterocycles. The Hall–Kier alpha value is -1.38. The summed E-state index contributed by atoms with van der Waals surface area (Å²) in [6.45, 7) is 3.07. The Morgan fingerprint density at radius 3 is 2.69 bits per heavy atom. The Bertz CT molecular complexity index is 286. The lowest BCUT2D eigenvalue weighted by molar-refractivity contribution is 0.417. The van der Waals surface area contributed by atoms with E-state index in [1.54, 1.807) is 7.11 Å². The van der Waals surface area contributed by atoms with Crippen LogP contribution in [0.1, 0.15) is 6.92 Å². The molecule has 0 aromatic heterocycles. The molecule has 1 rings (SSSR count). The van der Waals surface area contributed by atoms with Crippen LogP contribution in [0.3, 0.4) is 0 Å². The van der Waals surface area contributed by atoms with Gasteiger partial charge in [-0.15, -0.1) is 0 Å². The minimum atomic E-state index is 0.677. The second-order valence-corrected chi connectivity index (χ2v) is 2.94. The lowest BCUT2D eigenvalue weighted by Crippen LogP contribution is -2.15. The van der Waals surface area contributed by atoms with Crippen molar-refractivity contribution in [1.82, 2.24) is 0 Å². The third kappa shape index (κ3) is 2.05. The molecule has 3 nitrogen and oxygen atoms in total. The third-order valence-electron chi connectivity index (χ3n) is 2.13. The molecule has 2 N–H and O–H groups in total. The van der Waals surface area contributed by atoms with E-state index in [1.807, 2.05) is 25.2 Å². The zero-order chi connectivity index (χ0) is 9.84. The summed E-state index contributed by atoms with van der Waals surface area (Å²) in [4.78, 5) is 2.13. The molecule has 0 aliphatic carbocycles. The largest absolute Gasteiger partial charge is 0.495 e. The Kier molecular flexibility index (Phi) is 3.01. The lowest BCUT2D eigenvalue weighted by atomic mass is 10.2. The Labute approximate surface area is 79.1 Å². The number of benzene rings is 1. The second kappa shape index (κ2) is 4.03. The molecule has 0 aliphatic rings. The first-order chi connectivity index (χ1) is 6.19. The standard InChI is InChI=1S/C10H16N2O/c1-4-12(2)8-5-6-9(11)10(7-8)13-3/h5-7H,4,11H2,1-3H3. The normalized spacial score (nSPS) is 9.77. The van der Waals surface area contributed by atoms with E-state index in [4.69, 9.17) is 10.5 Å². The Morgan fingerprint density at radius 2 is 2.15 bits per heavy atom. The van der Waals surface area contributed by atoms with E-state index in [2.05, 4.69) is 11.8 Å². The highest BCUT2D eigenvalue weighted by molar-refractivity contribution is 5.62. The van der Waals surface area contributed by atoms with Gasteiger partial charge in [0.2, 0.25) is 0 Å². The van der Waals surface area contributed by atoms with Crippen LogP contribution in [-0.2, 0) is 0 Å². The van der Waals surface area contributed by atoms with Gasteiger partial charge in [-0.05, 0) is 19.1 Å². The van der Waals surface area contributed by atoms with Crippen molar-refractivity contribution in [2.75, 3.05) is 31.3 Å². The van der Waals surface area contributed by atoms with Crippen LogP contribution in [0.15, 0.2) is 18.2 Å². The van der Waals surface area contributed by atoms with Crippen molar-refractivity contribution in [1.29, 1.82) is 0 Å². The van der Waals surface area contributed by atoms with Gasteiger partial charge in [-0.3, -0.25) is 0 Å². The maximum Gasteiger partial charge on any atom is 0.143 e. The summed E-state index contributed by atoms with van der Waals surface area (Å²) in [6.07, 6.45) is 0. The van der Waals surface area contributed by atoms with Crippen LogP contribution in [0, 0.1) is 0 Å². The average Bonchev–Trinajstić information content (AvgIpc) is 2.17. The molecule has 0 saturated heterocycles. The number of anilines is 2. The summed E-state index contributed by atoms with van der Waals surface area (Å²) < 4.78 is 5.13. The lowest BCUT2D eigenvalue weighted by Gasteiger charge is -2.17. The van der Waals surface area contributed by atoms with Crippen molar-refractivity contribution in [2.45, 2.75) is 6.92 Å². The van der Waals surface area contributed by atoms with Gasteiger partial charge in [0.05, 0.1) is 12.8 Å². The van der Waals surface area contributed by atoms with Crippen LogP contribution in [0.25, 0.3) is 0 Å². The van der Waals surface area contributed by atoms with Gasteiger partial charge in [0.15, 0.2) is 0 Å². The molecular formula is C10H16N2O. The van der Waals surface area contributed by atoms with Crippen molar-refractivity contribution in [3.63, 3.8) is 0 Å². The number of nitrogens with zero attached hydrogens (tertiary/aromatic N) is 1. The van der Waals surface area contributed by atoms with Crippen LogP contribution in [0.4, 0.5) is 11.4 Å². The van der Waals surface area contributed by atoms with Crippen LogP contribution in [-0.4, -0.2) is 20.7 Å². The molecule has 0 atom stereocenters. The Balaban J connectivity index is 2.99. The molecular weight excluding hydrogens is 164 g/mol. The third-order valence-corrected chi connectivity index (χ3v) is 2.13. The molecule has 0 fully saturated rings. The molecule has 0 aliphatic heterocycles. The molecule has 0 unspecified atom stereocenters. The van der Waals surface area contributed by atoms with Gasteiger partial charge >= 0.3 is 0 Å². The van der Waals surface area contributed by atoms with Crippen LogP contribution < -0.4 is 15.4 Å². The smallest absolute Gasteiger partial charge is 0.143 e. The molecule has 0 amide bonds. The first kappa shape index (κ1) is 9.71. The van der Waals surface area contributed by atoms with Crippen LogP contribution in [0.2, 0.25) is 0 Å². The summed E-state index contributed by atoms with van der Waals surface area (Å²) in [5.74, 6) is 0.734. The highest BCUT2D eigenvalue weighted by Gasteiger charge is 2.02. The molecule has 0 bridgehead atoms. The van der Waals surface area contributed by atoms with Crippen molar-refractivity contribution < 1.29 is 4.74 Å². The second-order valence-electron chi connectivity index (χ2n) is 2.94. The van der Waals surface area contributed by atoms with Gasteiger partial charge in [0, 0.05) is 25.3 Å². The molecule has 13 heavy (non-hydrogen) atoms. The molecule has 0 saturated carbocycles. The van der Waals surface area contributed by atoms with Crippen molar-refractivity contribution in [3.8, 4) is 5.75 Å². The molecule has 0 spiro atoms. The van der Waals surface area contributed by atoms with Crippen molar-refractivity contribution in [3.05, 3.63) is 18.2 Å². The summed E-state index contributed by atoms with van der Waals surface area (Å²) in [7, 11) is 3.66. The molecule has 0 radical (unpaired) electrons. The van der Waals surface area contributed by atoms with E-state index in [0.29, 0.717) is 5.69 Å². The fourth-order valence-electron chi connectivity index (χ4n) is 1.12. The number of hydrogen-bond acceptors (Lipinski definition) is 3.